The summed E-state index contributed by atoms with van der Waals surface area (Å²) in [5.74, 6) is -0.909. The van der Waals surface area contributed by atoms with Crippen molar-refractivity contribution in [2.45, 2.75) is 56.4 Å². The first-order valence-electron chi connectivity index (χ1n) is 10.4. The molecule has 32 heavy (non-hydrogen) atoms. The first-order valence-corrected chi connectivity index (χ1v) is 12.1. The first-order chi connectivity index (χ1) is 15.1. The van der Waals surface area contributed by atoms with Gasteiger partial charge in [-0.05, 0) is 78.9 Å². The molecule has 0 fully saturated rings. The van der Waals surface area contributed by atoms with Crippen molar-refractivity contribution >= 4 is 29.1 Å². The Hall–Kier alpha value is -2.25. The lowest BCUT2D eigenvalue weighted by Crippen LogP contribution is -2.04. The van der Waals surface area contributed by atoms with Gasteiger partial charge in [0.05, 0.1) is 5.56 Å². The fourth-order valence-electron chi connectivity index (χ4n) is 3.73. The second kappa shape index (κ2) is 10.1. The summed E-state index contributed by atoms with van der Waals surface area (Å²) in [6.45, 7) is 6.07. The molecule has 170 valence electrons. The van der Waals surface area contributed by atoms with Gasteiger partial charge in [0.15, 0.2) is 0 Å². The number of hydrogen-bond acceptors (Lipinski definition) is 3. The number of halogens is 3. The fourth-order valence-corrected chi connectivity index (χ4v) is 6.18. The number of alkyl halides is 3. The quantitative estimate of drug-likeness (QED) is 0.329. The number of carboxylic acids is 1. The highest BCUT2D eigenvalue weighted by molar-refractivity contribution is 7.99. The summed E-state index contributed by atoms with van der Waals surface area (Å²) >= 11 is 3.03. The zero-order valence-corrected chi connectivity index (χ0v) is 19.8. The predicted octanol–water partition coefficient (Wildman–Crippen LogP) is 8.77. The lowest BCUT2D eigenvalue weighted by Gasteiger charge is -2.18. The molecule has 0 aliphatic rings. The summed E-state index contributed by atoms with van der Waals surface area (Å²) in [6.07, 6.45) is -1.31. The number of aromatic carboxylic acids is 1. The summed E-state index contributed by atoms with van der Waals surface area (Å²) in [6, 6.07) is 13.0. The van der Waals surface area contributed by atoms with E-state index in [0.29, 0.717) is 4.88 Å². The van der Waals surface area contributed by atoms with Crippen molar-refractivity contribution in [2.75, 3.05) is 0 Å². The molecule has 0 saturated heterocycles. The molecule has 1 unspecified atom stereocenters. The summed E-state index contributed by atoms with van der Waals surface area (Å²) in [7, 11) is 0. The van der Waals surface area contributed by atoms with Crippen molar-refractivity contribution in [1.29, 1.82) is 0 Å². The van der Waals surface area contributed by atoms with Gasteiger partial charge in [0.2, 0.25) is 0 Å². The van der Waals surface area contributed by atoms with Crippen LogP contribution in [0.5, 0.6) is 0 Å². The summed E-state index contributed by atoms with van der Waals surface area (Å²) in [5.41, 5.74) is 3.05. The Bertz CT molecular complexity index is 1060. The van der Waals surface area contributed by atoms with Crippen LogP contribution in [0.15, 0.2) is 53.4 Å². The number of carbonyl (C=O) groups is 1. The lowest BCUT2D eigenvalue weighted by molar-refractivity contribution is -0.137. The second-order valence-electron chi connectivity index (χ2n) is 7.76. The number of thioether (sulfide) groups is 1. The van der Waals surface area contributed by atoms with Gasteiger partial charge in [-0.25, -0.2) is 4.79 Å². The number of thiophene rings is 1. The van der Waals surface area contributed by atoms with Crippen molar-refractivity contribution in [3.63, 3.8) is 0 Å². The van der Waals surface area contributed by atoms with Crippen LogP contribution in [0.3, 0.4) is 0 Å². The Morgan fingerprint density at radius 2 is 1.69 bits per heavy atom. The molecule has 0 saturated carbocycles. The highest BCUT2D eigenvalue weighted by atomic mass is 32.2. The van der Waals surface area contributed by atoms with Gasteiger partial charge < -0.3 is 5.11 Å². The van der Waals surface area contributed by atoms with Crippen LogP contribution in [0, 0.1) is 13.8 Å². The third kappa shape index (κ3) is 5.75. The van der Waals surface area contributed by atoms with E-state index in [1.165, 1.54) is 23.5 Å². The van der Waals surface area contributed by atoms with Crippen molar-refractivity contribution in [2.24, 2.45) is 0 Å². The molecule has 2 aromatic carbocycles. The number of rotatable bonds is 8. The van der Waals surface area contributed by atoms with Crippen molar-refractivity contribution < 1.29 is 23.1 Å². The average Bonchev–Trinajstić information content (AvgIpc) is 3.21. The standard InChI is InChI=1S/C25H25F3O2S2/c1-4-5-6-20(21-11-12-22(32-21)24(29)30)31-19-13-15(2)23(16(3)14-19)17-7-9-18(10-8-17)25(26,27)28/h7-14,20H,4-6H2,1-3H3,(H,29,30). The van der Waals surface area contributed by atoms with Crippen molar-refractivity contribution in [3.05, 3.63) is 75.0 Å². The molecule has 1 heterocycles. The number of unbranched alkanes of at least 4 members (excludes halogenated alkanes) is 1. The molecule has 2 nitrogen and oxygen atoms in total. The number of aryl methyl sites for hydroxylation is 2. The van der Waals surface area contributed by atoms with Gasteiger partial charge in [-0.3, -0.25) is 0 Å². The van der Waals surface area contributed by atoms with E-state index < -0.39 is 17.7 Å². The van der Waals surface area contributed by atoms with Crippen LogP contribution in [0.1, 0.15) is 62.7 Å². The largest absolute Gasteiger partial charge is 0.477 e. The van der Waals surface area contributed by atoms with Crippen LogP contribution in [0.4, 0.5) is 13.2 Å². The van der Waals surface area contributed by atoms with Gasteiger partial charge in [-0.2, -0.15) is 13.2 Å². The molecule has 3 aromatic rings. The Kier molecular flexibility index (Phi) is 7.72. The minimum absolute atomic E-state index is 0.156. The Balaban J connectivity index is 1.88. The molecular weight excluding hydrogens is 453 g/mol. The first kappa shape index (κ1) is 24.4. The summed E-state index contributed by atoms with van der Waals surface area (Å²) < 4.78 is 38.7. The molecule has 0 aliphatic carbocycles. The molecule has 0 amide bonds. The number of carboxylic acid groups (broad SMARTS) is 1. The summed E-state index contributed by atoms with van der Waals surface area (Å²) in [4.78, 5) is 13.7. The monoisotopic (exact) mass is 478 g/mol. The highest BCUT2D eigenvalue weighted by Crippen LogP contribution is 2.43. The van der Waals surface area contributed by atoms with Crippen LogP contribution in [0.25, 0.3) is 11.1 Å². The van der Waals surface area contributed by atoms with Gasteiger partial charge in [-0.15, -0.1) is 23.1 Å². The van der Waals surface area contributed by atoms with E-state index in [9.17, 15) is 23.1 Å². The van der Waals surface area contributed by atoms with E-state index in [1.54, 1.807) is 17.8 Å². The molecule has 1 aromatic heterocycles. The maximum atomic E-state index is 12.9. The molecule has 3 rings (SSSR count). The Morgan fingerprint density at radius 3 is 2.19 bits per heavy atom. The van der Waals surface area contributed by atoms with E-state index in [4.69, 9.17) is 0 Å². The van der Waals surface area contributed by atoms with Crippen LogP contribution < -0.4 is 0 Å². The minimum Gasteiger partial charge on any atom is -0.477 e. The second-order valence-corrected chi connectivity index (χ2v) is 10.2. The maximum Gasteiger partial charge on any atom is 0.416 e. The number of benzene rings is 2. The van der Waals surface area contributed by atoms with Crippen LogP contribution in [-0.4, -0.2) is 11.1 Å². The highest BCUT2D eigenvalue weighted by Gasteiger charge is 2.30. The molecule has 1 N–H and O–H groups in total. The molecule has 0 bridgehead atoms. The maximum absolute atomic E-state index is 12.9. The van der Waals surface area contributed by atoms with Gasteiger partial charge in [0, 0.05) is 15.0 Å². The molecule has 0 aliphatic heterocycles. The third-order valence-electron chi connectivity index (χ3n) is 5.26. The SMILES string of the molecule is CCCCC(Sc1cc(C)c(-c2ccc(C(F)(F)F)cc2)c(C)c1)c1ccc(C(=O)O)s1. The van der Waals surface area contributed by atoms with Gasteiger partial charge >= 0.3 is 12.1 Å². The van der Waals surface area contributed by atoms with E-state index in [0.717, 1.165) is 63.4 Å². The van der Waals surface area contributed by atoms with Crippen molar-refractivity contribution in [3.8, 4) is 11.1 Å². The third-order valence-corrected chi connectivity index (χ3v) is 7.88. The Morgan fingerprint density at radius 1 is 1.06 bits per heavy atom. The molecule has 0 spiro atoms. The average molecular weight is 479 g/mol. The normalized spacial score (nSPS) is 12.7. The van der Waals surface area contributed by atoms with Crippen molar-refractivity contribution in [1.82, 2.24) is 0 Å². The molecule has 1 atom stereocenters. The predicted molar refractivity (Wildman–Crippen MR) is 126 cm³/mol. The molecule has 7 heteroatoms. The van der Waals surface area contributed by atoms with E-state index >= 15 is 0 Å². The zero-order chi connectivity index (χ0) is 23.5. The number of hydrogen-bond donors (Lipinski definition) is 1. The zero-order valence-electron chi connectivity index (χ0n) is 18.1. The Labute approximate surface area is 194 Å². The van der Waals surface area contributed by atoms with Gasteiger partial charge in [0.1, 0.15) is 4.88 Å². The summed E-state index contributed by atoms with van der Waals surface area (Å²) in [5, 5.41) is 9.42. The lowest BCUT2D eigenvalue weighted by atomic mass is 9.95. The topological polar surface area (TPSA) is 37.3 Å². The van der Waals surface area contributed by atoms with Crippen LogP contribution in [-0.2, 0) is 6.18 Å². The molecule has 0 radical (unpaired) electrons. The smallest absolute Gasteiger partial charge is 0.416 e. The van der Waals surface area contributed by atoms with Gasteiger partial charge in [0.25, 0.3) is 0 Å². The fraction of sp³-hybridized carbons (Fsp3) is 0.320. The minimum atomic E-state index is -4.35. The van der Waals surface area contributed by atoms with Crippen LogP contribution in [0.2, 0.25) is 0 Å². The van der Waals surface area contributed by atoms with Crippen LogP contribution >= 0.6 is 23.1 Å². The van der Waals surface area contributed by atoms with E-state index in [1.807, 2.05) is 19.9 Å². The molecular formula is C25H25F3O2S2. The van der Waals surface area contributed by atoms with E-state index in [-0.39, 0.29) is 5.25 Å². The van der Waals surface area contributed by atoms with E-state index in [2.05, 4.69) is 19.1 Å². The van der Waals surface area contributed by atoms with Gasteiger partial charge in [-0.1, -0.05) is 31.9 Å².